The van der Waals surface area contributed by atoms with Crippen LogP contribution in [-0.2, 0) is 24.7 Å². The molecule has 1 atom stereocenters. The first-order valence-electron chi connectivity index (χ1n) is 5.18. The summed E-state index contributed by atoms with van der Waals surface area (Å²) < 4.78 is 59.4. The summed E-state index contributed by atoms with van der Waals surface area (Å²) in [5.41, 5.74) is 0. The van der Waals surface area contributed by atoms with Crippen LogP contribution in [0.1, 0.15) is 26.7 Å². The van der Waals surface area contributed by atoms with E-state index >= 15 is 0 Å². The Morgan fingerprint density at radius 2 is 1.89 bits per heavy atom. The van der Waals surface area contributed by atoms with Crippen molar-refractivity contribution >= 4 is 20.5 Å². The Balaban J connectivity index is 0.000000555. The molecule has 0 amide bonds. The van der Waals surface area contributed by atoms with E-state index in [9.17, 15) is 8.42 Å². The van der Waals surface area contributed by atoms with Gasteiger partial charge in [0.2, 0.25) is 0 Å². The number of hydrogen-bond donors (Lipinski definition) is 3. The van der Waals surface area contributed by atoms with E-state index in [-0.39, 0.29) is 11.3 Å². The summed E-state index contributed by atoms with van der Waals surface area (Å²) in [6, 6.07) is 0. The van der Waals surface area contributed by atoms with E-state index in [4.69, 9.17) is 21.7 Å². The molecule has 0 bridgehead atoms. The molecule has 0 spiro atoms. The van der Waals surface area contributed by atoms with E-state index in [2.05, 4.69) is 9.97 Å². The van der Waals surface area contributed by atoms with Gasteiger partial charge in [-0.15, -0.1) is 0 Å². The van der Waals surface area contributed by atoms with Crippen molar-refractivity contribution in [2.24, 2.45) is 0 Å². The molecule has 11 heteroatoms. The SMILES string of the molecule is CCCC(C)OS(=O)(=O)c1ncc[nH]1.O=S(=O)(O)O. The van der Waals surface area contributed by atoms with Crippen LogP contribution in [-0.4, -0.2) is 42.0 Å². The molecule has 0 radical (unpaired) electrons. The maximum atomic E-state index is 11.5. The molecular formula is C8H16N2O7S2. The largest absolute Gasteiger partial charge is 0.394 e. The fourth-order valence-electron chi connectivity index (χ4n) is 1.10. The Bertz CT molecular complexity index is 542. The number of nitrogens with zero attached hydrogens (tertiary/aromatic N) is 1. The number of rotatable bonds is 5. The fourth-order valence-corrected chi connectivity index (χ4v) is 2.13. The van der Waals surface area contributed by atoms with Crippen LogP contribution in [0.3, 0.4) is 0 Å². The average Bonchev–Trinajstić information content (AvgIpc) is 2.66. The summed E-state index contributed by atoms with van der Waals surface area (Å²) in [7, 11) is -8.37. The van der Waals surface area contributed by atoms with E-state index < -0.39 is 20.5 Å². The standard InChI is InChI=1S/C8H14N2O3S.H2O4S/c1-3-4-7(2)13-14(11,12)8-9-5-6-10-8;1-5(2,3)4/h5-7H,3-4H2,1-2H3,(H,9,10);(H2,1,2,3,4). The zero-order valence-electron chi connectivity index (χ0n) is 10.3. The minimum Gasteiger partial charge on any atom is -0.334 e. The summed E-state index contributed by atoms with van der Waals surface area (Å²) in [4.78, 5) is 6.13. The second-order valence-electron chi connectivity index (χ2n) is 3.49. The highest BCUT2D eigenvalue weighted by molar-refractivity contribution is 7.86. The minimum atomic E-state index is -4.67. The van der Waals surface area contributed by atoms with Gasteiger partial charge in [0.15, 0.2) is 0 Å². The number of imidazole rings is 1. The van der Waals surface area contributed by atoms with Gasteiger partial charge >= 0.3 is 20.5 Å². The first-order valence-corrected chi connectivity index (χ1v) is 7.99. The number of nitrogens with one attached hydrogen (secondary N) is 1. The highest BCUT2D eigenvalue weighted by Crippen LogP contribution is 2.11. The van der Waals surface area contributed by atoms with Gasteiger partial charge in [-0.3, -0.25) is 13.3 Å². The molecule has 0 aliphatic carbocycles. The minimum absolute atomic E-state index is 0.138. The van der Waals surface area contributed by atoms with Crippen LogP contribution in [0, 0.1) is 0 Å². The highest BCUT2D eigenvalue weighted by atomic mass is 32.3. The molecule has 0 aliphatic heterocycles. The predicted octanol–water partition coefficient (Wildman–Crippen LogP) is 0.651. The second-order valence-corrected chi connectivity index (χ2v) is 5.87. The summed E-state index contributed by atoms with van der Waals surface area (Å²) in [5, 5.41) is -0.138. The maximum absolute atomic E-state index is 11.5. The lowest BCUT2D eigenvalue weighted by atomic mass is 10.2. The van der Waals surface area contributed by atoms with Crippen LogP contribution in [0.15, 0.2) is 17.6 Å². The van der Waals surface area contributed by atoms with E-state index in [1.165, 1.54) is 12.4 Å². The quantitative estimate of drug-likeness (QED) is 0.530. The topological polar surface area (TPSA) is 147 Å². The Morgan fingerprint density at radius 1 is 1.37 bits per heavy atom. The lowest BCUT2D eigenvalue weighted by Gasteiger charge is -2.09. The van der Waals surface area contributed by atoms with Crippen molar-refractivity contribution in [3.8, 4) is 0 Å². The van der Waals surface area contributed by atoms with E-state index in [1.54, 1.807) is 6.92 Å². The van der Waals surface area contributed by atoms with Crippen LogP contribution >= 0.6 is 0 Å². The molecule has 0 aliphatic rings. The molecule has 0 aromatic carbocycles. The van der Waals surface area contributed by atoms with E-state index in [0.29, 0.717) is 6.42 Å². The van der Waals surface area contributed by atoms with Crippen molar-refractivity contribution in [1.82, 2.24) is 9.97 Å². The lowest BCUT2D eigenvalue weighted by molar-refractivity contribution is 0.215. The van der Waals surface area contributed by atoms with Gasteiger partial charge in [0, 0.05) is 12.4 Å². The van der Waals surface area contributed by atoms with Gasteiger partial charge < -0.3 is 4.98 Å². The molecule has 1 aromatic rings. The van der Waals surface area contributed by atoms with Crippen molar-refractivity contribution in [1.29, 1.82) is 0 Å². The summed E-state index contributed by atoms with van der Waals surface area (Å²) in [5.74, 6) is 0. The third-order valence-corrected chi connectivity index (χ3v) is 2.97. The Labute approximate surface area is 111 Å². The van der Waals surface area contributed by atoms with Crippen LogP contribution in [0.5, 0.6) is 0 Å². The van der Waals surface area contributed by atoms with Crippen molar-refractivity contribution in [3.05, 3.63) is 12.4 Å². The summed E-state index contributed by atoms with van der Waals surface area (Å²) in [6.07, 6.45) is 4.10. The monoisotopic (exact) mass is 316 g/mol. The van der Waals surface area contributed by atoms with Crippen LogP contribution in [0.4, 0.5) is 0 Å². The zero-order chi connectivity index (χ0) is 15.1. The molecular weight excluding hydrogens is 300 g/mol. The molecule has 0 saturated carbocycles. The molecule has 19 heavy (non-hydrogen) atoms. The molecule has 1 rings (SSSR count). The zero-order valence-corrected chi connectivity index (χ0v) is 12.0. The Hall–Kier alpha value is -1.01. The molecule has 9 nitrogen and oxygen atoms in total. The predicted molar refractivity (Wildman–Crippen MR) is 65.4 cm³/mol. The van der Waals surface area contributed by atoms with Crippen LogP contribution < -0.4 is 0 Å². The molecule has 0 fully saturated rings. The molecule has 3 N–H and O–H groups in total. The Kier molecular flexibility index (Phi) is 7.15. The maximum Gasteiger partial charge on any atom is 0.394 e. The van der Waals surface area contributed by atoms with Gasteiger partial charge in [0.25, 0.3) is 5.16 Å². The number of H-pyrrole nitrogens is 1. The normalized spacial score (nSPS) is 13.5. The van der Waals surface area contributed by atoms with Crippen molar-refractivity contribution in [2.75, 3.05) is 0 Å². The van der Waals surface area contributed by atoms with Crippen molar-refractivity contribution in [3.63, 3.8) is 0 Å². The van der Waals surface area contributed by atoms with E-state index in [0.717, 1.165) is 6.42 Å². The average molecular weight is 316 g/mol. The summed E-state index contributed by atoms with van der Waals surface area (Å²) >= 11 is 0. The highest BCUT2D eigenvalue weighted by Gasteiger charge is 2.20. The van der Waals surface area contributed by atoms with Gasteiger partial charge in [-0.05, 0) is 13.3 Å². The van der Waals surface area contributed by atoms with Gasteiger partial charge in [0.1, 0.15) is 0 Å². The molecule has 1 aromatic heterocycles. The third kappa shape index (κ3) is 9.55. The Morgan fingerprint density at radius 3 is 2.26 bits per heavy atom. The second kappa shape index (κ2) is 7.55. The van der Waals surface area contributed by atoms with Crippen molar-refractivity contribution in [2.45, 2.75) is 37.9 Å². The van der Waals surface area contributed by atoms with Gasteiger partial charge in [-0.25, -0.2) is 4.98 Å². The smallest absolute Gasteiger partial charge is 0.334 e. The molecule has 1 heterocycles. The summed E-state index contributed by atoms with van der Waals surface area (Å²) in [6.45, 7) is 3.70. The van der Waals surface area contributed by atoms with Gasteiger partial charge in [0.05, 0.1) is 6.10 Å². The first-order chi connectivity index (χ1) is 8.56. The van der Waals surface area contributed by atoms with Crippen molar-refractivity contribution < 1.29 is 30.1 Å². The van der Waals surface area contributed by atoms with Crippen LogP contribution in [0.25, 0.3) is 0 Å². The fraction of sp³-hybridized carbons (Fsp3) is 0.625. The van der Waals surface area contributed by atoms with E-state index in [1.807, 2.05) is 6.92 Å². The van der Waals surface area contributed by atoms with Crippen LogP contribution in [0.2, 0.25) is 0 Å². The first kappa shape index (κ1) is 18.0. The molecule has 112 valence electrons. The number of hydrogen-bond acceptors (Lipinski definition) is 6. The molecule has 1 unspecified atom stereocenters. The van der Waals surface area contributed by atoms with Gasteiger partial charge in [-0.2, -0.15) is 16.8 Å². The molecule has 0 saturated heterocycles. The van der Waals surface area contributed by atoms with Gasteiger partial charge in [-0.1, -0.05) is 13.3 Å². The lowest BCUT2D eigenvalue weighted by Crippen LogP contribution is -2.16. The number of aromatic nitrogens is 2. The third-order valence-electron chi connectivity index (χ3n) is 1.70. The number of aromatic amines is 1.